The highest BCUT2D eigenvalue weighted by atomic mass is 32.2. The van der Waals surface area contributed by atoms with Crippen LogP contribution in [0.25, 0.3) is 0 Å². The fourth-order valence-corrected chi connectivity index (χ4v) is 3.92. The normalized spacial score (nSPS) is 14.9. The van der Waals surface area contributed by atoms with Crippen LogP contribution in [0.1, 0.15) is 36.7 Å². The molecular weight excluding hydrogens is 464 g/mol. The molecule has 190 valence electrons. The maximum absolute atomic E-state index is 12.4. The van der Waals surface area contributed by atoms with Gasteiger partial charge < -0.3 is 18.9 Å². The van der Waals surface area contributed by atoms with E-state index in [-0.39, 0.29) is 18.7 Å². The van der Waals surface area contributed by atoms with Crippen molar-refractivity contribution in [1.82, 2.24) is 9.62 Å². The average Bonchev–Trinajstić information content (AvgIpc) is 2.75. The van der Waals surface area contributed by atoms with E-state index in [0.717, 1.165) is 13.1 Å². The highest BCUT2D eigenvalue weighted by Gasteiger charge is 2.23. The Morgan fingerprint density at radius 3 is 2.59 bits per heavy atom. The summed E-state index contributed by atoms with van der Waals surface area (Å²) >= 11 is 0. The van der Waals surface area contributed by atoms with Crippen molar-refractivity contribution in [3.8, 4) is 5.75 Å². The number of carbonyl (C=O) groups excluding carboxylic acids is 2. The first kappa shape index (κ1) is 27.8. The van der Waals surface area contributed by atoms with Crippen LogP contribution in [-0.2, 0) is 35.6 Å². The molecule has 0 bridgehead atoms. The lowest BCUT2D eigenvalue weighted by atomic mass is 10.1. The standard InChI is InChI=1S/C23H34N2O8S/c1-5-11-32-22(27)18-6-7-20(31-14-10-25-8-12-30-13-9-25)19(15-18)16-24-34(28,29)17-21(26)33-23(2,3)4/h5-7,15,24H,1,8-14,16-17H2,2-4H3. The number of nitrogens with one attached hydrogen (secondary N) is 1. The van der Waals surface area contributed by atoms with Crippen molar-refractivity contribution in [2.24, 2.45) is 0 Å². The Kier molecular flexibility index (Phi) is 10.5. The van der Waals surface area contributed by atoms with E-state index in [1.807, 2.05) is 0 Å². The first-order valence-corrected chi connectivity index (χ1v) is 12.7. The van der Waals surface area contributed by atoms with E-state index in [9.17, 15) is 18.0 Å². The summed E-state index contributed by atoms with van der Waals surface area (Å²) in [5.41, 5.74) is -0.125. The summed E-state index contributed by atoms with van der Waals surface area (Å²) in [7, 11) is -3.98. The lowest BCUT2D eigenvalue weighted by Gasteiger charge is -2.26. The lowest BCUT2D eigenvalue weighted by Crippen LogP contribution is -2.38. The smallest absolute Gasteiger partial charge is 0.338 e. The third-order valence-electron chi connectivity index (χ3n) is 4.61. The van der Waals surface area contributed by atoms with Crippen LogP contribution >= 0.6 is 0 Å². The Labute approximate surface area is 201 Å². The summed E-state index contributed by atoms with van der Waals surface area (Å²) < 4.78 is 48.6. The summed E-state index contributed by atoms with van der Waals surface area (Å²) in [5, 5.41) is 0. The molecule has 1 saturated heterocycles. The van der Waals surface area contributed by atoms with Crippen LogP contribution in [0.15, 0.2) is 30.9 Å². The second kappa shape index (κ2) is 12.8. The Morgan fingerprint density at radius 2 is 1.94 bits per heavy atom. The Bertz CT molecular complexity index is 950. The fraction of sp³-hybridized carbons (Fsp3) is 0.565. The quantitative estimate of drug-likeness (QED) is 0.338. The molecule has 1 heterocycles. The Morgan fingerprint density at radius 1 is 1.24 bits per heavy atom. The maximum Gasteiger partial charge on any atom is 0.338 e. The second-order valence-corrected chi connectivity index (χ2v) is 10.5. The summed E-state index contributed by atoms with van der Waals surface area (Å²) in [5.74, 6) is -1.83. The van der Waals surface area contributed by atoms with Gasteiger partial charge >= 0.3 is 11.9 Å². The zero-order valence-corrected chi connectivity index (χ0v) is 20.8. The van der Waals surface area contributed by atoms with Crippen molar-refractivity contribution in [3.05, 3.63) is 42.0 Å². The Hall–Kier alpha value is -2.47. The van der Waals surface area contributed by atoms with Gasteiger partial charge in [0.05, 0.1) is 18.8 Å². The van der Waals surface area contributed by atoms with E-state index in [2.05, 4.69) is 16.2 Å². The van der Waals surface area contributed by atoms with Gasteiger partial charge in [-0.2, -0.15) is 0 Å². The molecule has 11 heteroatoms. The van der Waals surface area contributed by atoms with E-state index in [1.54, 1.807) is 32.9 Å². The third kappa shape index (κ3) is 10.2. The number of sulfonamides is 1. The van der Waals surface area contributed by atoms with Gasteiger partial charge in [0.1, 0.15) is 24.6 Å². The van der Waals surface area contributed by atoms with Gasteiger partial charge in [0.15, 0.2) is 5.75 Å². The molecule has 0 amide bonds. The molecule has 0 radical (unpaired) electrons. The summed E-state index contributed by atoms with van der Waals surface area (Å²) in [4.78, 5) is 26.4. The van der Waals surface area contributed by atoms with Crippen molar-refractivity contribution in [1.29, 1.82) is 0 Å². The Balaban J connectivity index is 2.08. The number of ether oxygens (including phenoxy) is 4. The van der Waals surface area contributed by atoms with Crippen LogP contribution < -0.4 is 9.46 Å². The molecule has 2 rings (SSSR count). The SMILES string of the molecule is C=CCOC(=O)c1ccc(OCCN2CCOCC2)c(CNS(=O)(=O)CC(=O)OC(C)(C)C)c1. The molecule has 1 aromatic carbocycles. The van der Waals surface area contributed by atoms with Crippen LogP contribution in [0, 0.1) is 0 Å². The van der Waals surface area contributed by atoms with Crippen LogP contribution in [0.5, 0.6) is 5.75 Å². The molecule has 0 aliphatic carbocycles. The summed E-state index contributed by atoms with van der Waals surface area (Å²) in [6, 6.07) is 4.65. The molecule has 10 nitrogen and oxygen atoms in total. The number of morpholine rings is 1. The molecule has 0 unspecified atom stereocenters. The largest absolute Gasteiger partial charge is 0.492 e. The predicted octanol–water partition coefficient (Wildman–Crippen LogP) is 1.50. The minimum Gasteiger partial charge on any atom is -0.492 e. The molecule has 1 fully saturated rings. The van der Waals surface area contributed by atoms with Gasteiger partial charge in [-0.3, -0.25) is 9.69 Å². The molecule has 0 spiro atoms. The van der Waals surface area contributed by atoms with Crippen molar-refractivity contribution in [2.75, 3.05) is 51.8 Å². The number of benzene rings is 1. The number of hydrogen-bond donors (Lipinski definition) is 1. The zero-order chi connectivity index (χ0) is 25.2. The molecule has 1 N–H and O–H groups in total. The molecule has 1 aromatic rings. The monoisotopic (exact) mass is 498 g/mol. The van der Waals surface area contributed by atoms with E-state index in [1.165, 1.54) is 12.1 Å². The number of rotatable bonds is 12. The third-order valence-corrected chi connectivity index (χ3v) is 5.81. The number of esters is 2. The molecule has 1 aliphatic rings. The van der Waals surface area contributed by atoms with Crippen LogP contribution in [0.3, 0.4) is 0 Å². The average molecular weight is 499 g/mol. The van der Waals surface area contributed by atoms with Gasteiger partial charge in [0.25, 0.3) is 0 Å². The number of nitrogens with zero attached hydrogens (tertiary/aromatic N) is 1. The van der Waals surface area contributed by atoms with Crippen LogP contribution in [0.2, 0.25) is 0 Å². The topological polar surface area (TPSA) is 120 Å². The molecular formula is C23H34N2O8S. The van der Waals surface area contributed by atoms with Crippen LogP contribution in [-0.4, -0.2) is 82.7 Å². The lowest BCUT2D eigenvalue weighted by molar-refractivity contribution is -0.151. The van der Waals surface area contributed by atoms with Crippen molar-refractivity contribution in [3.63, 3.8) is 0 Å². The fourth-order valence-electron chi connectivity index (χ4n) is 3.08. The van der Waals surface area contributed by atoms with Crippen molar-refractivity contribution >= 4 is 22.0 Å². The highest BCUT2D eigenvalue weighted by molar-refractivity contribution is 7.90. The van der Waals surface area contributed by atoms with Gasteiger partial charge in [0.2, 0.25) is 10.0 Å². The molecule has 1 aliphatic heterocycles. The minimum absolute atomic E-state index is 0.0501. The maximum atomic E-state index is 12.4. The van der Waals surface area contributed by atoms with Crippen LogP contribution in [0.4, 0.5) is 0 Å². The number of carbonyl (C=O) groups is 2. The first-order chi connectivity index (χ1) is 16.0. The number of hydrogen-bond acceptors (Lipinski definition) is 9. The molecule has 0 aromatic heterocycles. The van der Waals surface area contributed by atoms with Gasteiger partial charge in [-0.15, -0.1) is 0 Å². The zero-order valence-electron chi connectivity index (χ0n) is 20.0. The summed E-state index contributed by atoms with van der Waals surface area (Å²) in [6.07, 6.45) is 1.45. The second-order valence-electron chi connectivity index (χ2n) is 8.68. The van der Waals surface area contributed by atoms with Crippen molar-refractivity contribution in [2.45, 2.75) is 32.9 Å². The summed E-state index contributed by atoms with van der Waals surface area (Å²) in [6.45, 7) is 12.4. The predicted molar refractivity (Wildman–Crippen MR) is 126 cm³/mol. The highest BCUT2D eigenvalue weighted by Crippen LogP contribution is 2.21. The van der Waals surface area contributed by atoms with E-state index in [0.29, 0.717) is 37.7 Å². The molecule has 0 atom stereocenters. The first-order valence-electron chi connectivity index (χ1n) is 11.0. The van der Waals surface area contributed by atoms with Gasteiger partial charge in [0, 0.05) is 31.7 Å². The minimum atomic E-state index is -3.98. The molecule has 0 saturated carbocycles. The molecule has 34 heavy (non-hydrogen) atoms. The van der Waals surface area contributed by atoms with E-state index in [4.69, 9.17) is 18.9 Å². The van der Waals surface area contributed by atoms with Gasteiger partial charge in [-0.05, 0) is 39.0 Å². The van der Waals surface area contributed by atoms with E-state index >= 15 is 0 Å². The van der Waals surface area contributed by atoms with Crippen molar-refractivity contribution < 1.29 is 37.0 Å². The van der Waals surface area contributed by atoms with Gasteiger partial charge in [-0.1, -0.05) is 12.7 Å². The van der Waals surface area contributed by atoms with Gasteiger partial charge in [-0.25, -0.2) is 17.9 Å². The van der Waals surface area contributed by atoms with E-state index < -0.39 is 33.3 Å².